The molecule has 1 aromatic carbocycles. The summed E-state index contributed by atoms with van der Waals surface area (Å²) in [4.78, 5) is 0. The van der Waals surface area contributed by atoms with Gasteiger partial charge in [0, 0.05) is 0 Å². The van der Waals surface area contributed by atoms with Crippen molar-refractivity contribution in [2.24, 2.45) is 0 Å². The molecule has 0 aliphatic rings. The maximum Gasteiger partial charge on any atom is 0.141 e. The molecular formula is C11H13ClFN. The molecule has 1 aromatic rings. The summed E-state index contributed by atoms with van der Waals surface area (Å²) in [6.45, 7) is 6.54. The predicted octanol–water partition coefficient (Wildman–Crippen LogP) is 3.32. The molecule has 1 atom stereocenters. The summed E-state index contributed by atoms with van der Waals surface area (Å²) in [5.41, 5.74) is 0.924. The highest BCUT2D eigenvalue weighted by Crippen LogP contribution is 2.21. The summed E-state index contributed by atoms with van der Waals surface area (Å²) < 4.78 is 12.9. The molecule has 1 nitrogen and oxygen atoms in total. The molecule has 0 aliphatic heterocycles. The second kappa shape index (κ2) is 5.13. The maximum absolute atomic E-state index is 12.9. The third kappa shape index (κ3) is 2.56. The van der Waals surface area contributed by atoms with Gasteiger partial charge in [-0.25, -0.2) is 4.39 Å². The van der Waals surface area contributed by atoms with Gasteiger partial charge in [-0.2, -0.15) is 0 Å². The van der Waals surface area contributed by atoms with E-state index in [9.17, 15) is 4.39 Å². The Morgan fingerprint density at radius 1 is 1.64 bits per heavy atom. The number of halogens is 2. The van der Waals surface area contributed by atoms with Crippen LogP contribution in [0, 0.1) is 5.82 Å². The number of nitrogens with one attached hydrogen (secondary N) is 1. The van der Waals surface area contributed by atoms with Crippen molar-refractivity contribution in [1.29, 1.82) is 0 Å². The predicted molar refractivity (Wildman–Crippen MR) is 58.0 cm³/mol. The first-order chi connectivity index (χ1) is 6.69. The molecular weight excluding hydrogens is 201 g/mol. The van der Waals surface area contributed by atoms with Gasteiger partial charge in [-0.15, -0.1) is 6.58 Å². The topological polar surface area (TPSA) is 12.0 Å². The van der Waals surface area contributed by atoms with E-state index in [1.807, 2.05) is 6.92 Å². The van der Waals surface area contributed by atoms with Crippen LogP contribution < -0.4 is 5.32 Å². The second-order valence-corrected chi connectivity index (χ2v) is 3.35. The van der Waals surface area contributed by atoms with Crippen LogP contribution in [-0.4, -0.2) is 6.54 Å². The van der Waals surface area contributed by atoms with Crippen LogP contribution >= 0.6 is 11.6 Å². The van der Waals surface area contributed by atoms with Gasteiger partial charge in [-0.05, 0) is 24.2 Å². The zero-order valence-corrected chi connectivity index (χ0v) is 8.81. The maximum atomic E-state index is 12.9. The lowest BCUT2D eigenvalue weighted by Crippen LogP contribution is -2.18. The van der Waals surface area contributed by atoms with Crippen molar-refractivity contribution in [3.63, 3.8) is 0 Å². The van der Waals surface area contributed by atoms with Crippen LogP contribution in [0.2, 0.25) is 5.02 Å². The minimum Gasteiger partial charge on any atom is -0.307 e. The van der Waals surface area contributed by atoms with Crippen LogP contribution in [0.25, 0.3) is 0 Å². The Hall–Kier alpha value is -0.860. The van der Waals surface area contributed by atoms with Crippen LogP contribution in [0.1, 0.15) is 18.5 Å². The van der Waals surface area contributed by atoms with Crippen LogP contribution in [0.5, 0.6) is 0 Å². The molecule has 0 spiro atoms. The van der Waals surface area contributed by atoms with Crippen LogP contribution in [0.15, 0.2) is 30.9 Å². The summed E-state index contributed by atoms with van der Waals surface area (Å²) in [5.74, 6) is -0.394. The Morgan fingerprint density at radius 2 is 2.36 bits per heavy atom. The summed E-state index contributed by atoms with van der Waals surface area (Å²) in [6.07, 6.45) is 1.77. The van der Waals surface area contributed by atoms with Gasteiger partial charge in [0.05, 0.1) is 11.1 Å². The Bertz CT molecular complexity index is 325. The highest BCUT2D eigenvalue weighted by atomic mass is 35.5. The second-order valence-electron chi connectivity index (χ2n) is 2.94. The van der Waals surface area contributed by atoms with Crippen molar-refractivity contribution in [3.8, 4) is 0 Å². The first kappa shape index (κ1) is 11.2. The first-order valence-corrected chi connectivity index (χ1v) is 4.87. The van der Waals surface area contributed by atoms with E-state index in [0.29, 0.717) is 0 Å². The average molecular weight is 214 g/mol. The zero-order chi connectivity index (χ0) is 10.6. The number of benzene rings is 1. The highest BCUT2D eigenvalue weighted by molar-refractivity contribution is 6.30. The Balaban J connectivity index is 2.93. The Morgan fingerprint density at radius 3 is 2.86 bits per heavy atom. The Kier molecular flexibility index (Phi) is 4.11. The van der Waals surface area contributed by atoms with Crippen molar-refractivity contribution < 1.29 is 4.39 Å². The Labute approximate surface area is 88.6 Å². The van der Waals surface area contributed by atoms with E-state index in [1.165, 1.54) is 6.07 Å². The fourth-order valence-electron chi connectivity index (χ4n) is 1.26. The summed E-state index contributed by atoms with van der Waals surface area (Å²) in [7, 11) is 0. The molecule has 0 saturated heterocycles. The zero-order valence-electron chi connectivity index (χ0n) is 8.06. The smallest absolute Gasteiger partial charge is 0.141 e. The number of hydrogen-bond acceptors (Lipinski definition) is 1. The fourth-order valence-corrected chi connectivity index (χ4v) is 1.45. The molecule has 1 N–H and O–H groups in total. The van der Waals surface area contributed by atoms with E-state index in [-0.39, 0.29) is 11.1 Å². The summed E-state index contributed by atoms with van der Waals surface area (Å²) >= 11 is 5.68. The summed E-state index contributed by atoms with van der Waals surface area (Å²) in [5, 5.41) is 3.34. The number of rotatable bonds is 4. The average Bonchev–Trinajstić information content (AvgIpc) is 2.19. The first-order valence-electron chi connectivity index (χ1n) is 4.50. The van der Waals surface area contributed by atoms with Gasteiger partial charge in [0.25, 0.3) is 0 Å². The standard InChI is InChI=1S/C11H13ClFN/c1-3-11(14-4-2)8-5-6-10(13)9(12)7-8/h3,5-7,11,14H,1,4H2,2H3. The molecule has 1 rings (SSSR count). The van der Waals surface area contributed by atoms with Gasteiger partial charge in [0.2, 0.25) is 0 Å². The molecule has 0 amide bonds. The number of hydrogen-bond donors (Lipinski definition) is 1. The van der Waals surface area contributed by atoms with Crippen molar-refractivity contribution in [2.75, 3.05) is 6.54 Å². The number of likely N-dealkylation sites (N-methyl/N-ethyl adjacent to an activating group) is 1. The molecule has 0 aliphatic carbocycles. The van der Waals surface area contributed by atoms with Gasteiger partial charge in [0.1, 0.15) is 5.82 Å². The van der Waals surface area contributed by atoms with Gasteiger partial charge in [-0.1, -0.05) is 30.7 Å². The molecule has 0 bridgehead atoms. The van der Waals surface area contributed by atoms with Gasteiger partial charge >= 0.3 is 0 Å². The largest absolute Gasteiger partial charge is 0.307 e. The van der Waals surface area contributed by atoms with Crippen molar-refractivity contribution in [3.05, 3.63) is 47.3 Å². The third-order valence-electron chi connectivity index (χ3n) is 1.96. The van der Waals surface area contributed by atoms with Crippen LogP contribution in [0.3, 0.4) is 0 Å². The van der Waals surface area contributed by atoms with Crippen molar-refractivity contribution in [2.45, 2.75) is 13.0 Å². The van der Waals surface area contributed by atoms with Gasteiger partial charge < -0.3 is 5.32 Å². The normalized spacial score (nSPS) is 12.5. The highest BCUT2D eigenvalue weighted by Gasteiger charge is 2.07. The lowest BCUT2D eigenvalue weighted by molar-refractivity contribution is 0.620. The molecule has 1 unspecified atom stereocenters. The van der Waals surface area contributed by atoms with Crippen LogP contribution in [0.4, 0.5) is 4.39 Å². The fraction of sp³-hybridized carbons (Fsp3) is 0.273. The third-order valence-corrected chi connectivity index (χ3v) is 2.25. The van der Waals surface area contributed by atoms with E-state index in [4.69, 9.17) is 11.6 Å². The molecule has 0 radical (unpaired) electrons. The van der Waals surface area contributed by atoms with Gasteiger partial charge in [0.15, 0.2) is 0 Å². The van der Waals surface area contributed by atoms with Crippen molar-refractivity contribution >= 4 is 11.6 Å². The summed E-state index contributed by atoms with van der Waals surface area (Å²) in [6, 6.07) is 4.71. The quantitative estimate of drug-likeness (QED) is 0.757. The van der Waals surface area contributed by atoms with Crippen LogP contribution in [-0.2, 0) is 0 Å². The molecule has 0 heterocycles. The van der Waals surface area contributed by atoms with E-state index in [0.717, 1.165) is 12.1 Å². The molecule has 3 heteroatoms. The van der Waals surface area contributed by atoms with Crippen molar-refractivity contribution in [1.82, 2.24) is 5.32 Å². The molecule has 0 fully saturated rings. The molecule has 0 saturated carbocycles. The van der Waals surface area contributed by atoms with Gasteiger partial charge in [-0.3, -0.25) is 0 Å². The van der Waals surface area contributed by atoms with E-state index in [2.05, 4.69) is 11.9 Å². The lowest BCUT2D eigenvalue weighted by atomic mass is 10.1. The minimum absolute atomic E-state index is 0.0260. The molecule has 14 heavy (non-hydrogen) atoms. The van der Waals surface area contributed by atoms with E-state index < -0.39 is 5.82 Å². The van der Waals surface area contributed by atoms with E-state index >= 15 is 0 Å². The molecule has 76 valence electrons. The molecule has 0 aromatic heterocycles. The van der Waals surface area contributed by atoms with E-state index in [1.54, 1.807) is 18.2 Å². The monoisotopic (exact) mass is 213 g/mol. The minimum atomic E-state index is -0.394. The SMILES string of the molecule is C=CC(NCC)c1ccc(F)c(Cl)c1. The lowest BCUT2D eigenvalue weighted by Gasteiger charge is -2.13.